The maximum atomic E-state index is 12.1. The van der Waals surface area contributed by atoms with Crippen LogP contribution in [0.3, 0.4) is 0 Å². The van der Waals surface area contributed by atoms with Crippen LogP contribution in [0.15, 0.2) is 0 Å². The Morgan fingerprint density at radius 2 is 0.887 bits per heavy atom. The highest BCUT2D eigenvalue weighted by molar-refractivity contribution is 5.73. The van der Waals surface area contributed by atoms with Gasteiger partial charge in [-0.1, -0.05) is 0 Å². The Morgan fingerprint density at radius 3 is 1.45 bits per heavy atom. The van der Waals surface area contributed by atoms with Crippen molar-refractivity contribution in [1.29, 1.82) is 0 Å². The normalized spacial score (nSPS) is 49.0. The summed E-state index contributed by atoms with van der Waals surface area (Å²) in [5, 5.41) is 164. The van der Waals surface area contributed by atoms with Crippen LogP contribution in [0.1, 0.15) is 13.8 Å². The van der Waals surface area contributed by atoms with Gasteiger partial charge in [0.1, 0.15) is 122 Å². The Kier molecular flexibility index (Phi) is 18.1. The molecule has 28 heteroatoms. The van der Waals surface area contributed by atoms with Gasteiger partial charge in [0.2, 0.25) is 11.8 Å². The van der Waals surface area contributed by atoms with Crippen LogP contribution in [-0.4, -0.2) is 275 Å². The van der Waals surface area contributed by atoms with Gasteiger partial charge in [-0.3, -0.25) is 9.59 Å². The number of nitrogens with one attached hydrogen (secondary N) is 2. The highest BCUT2D eigenvalue weighted by atomic mass is 16.8. The van der Waals surface area contributed by atoms with E-state index in [2.05, 4.69) is 10.6 Å². The number of amides is 2. The molecule has 28 nitrogen and oxygen atoms in total. The van der Waals surface area contributed by atoms with E-state index in [4.69, 9.17) is 42.6 Å². The van der Waals surface area contributed by atoms with Crippen LogP contribution in [0.25, 0.3) is 0 Å². The van der Waals surface area contributed by atoms with Gasteiger partial charge in [-0.25, -0.2) is 0 Å². The Balaban J connectivity index is 1.47. The highest BCUT2D eigenvalue weighted by Crippen LogP contribution is 2.35. The molecule has 5 saturated heterocycles. The zero-order valence-electron chi connectivity index (χ0n) is 33.2. The number of carbonyl (C=O) groups excluding carboxylic acids is 2. The Morgan fingerprint density at radius 1 is 0.419 bits per heavy atom. The number of aliphatic hydroxyl groups is 15. The summed E-state index contributed by atoms with van der Waals surface area (Å²) in [6.45, 7) is -2.38. The molecule has 5 aliphatic rings. The molecule has 17 N–H and O–H groups in total. The van der Waals surface area contributed by atoms with Gasteiger partial charge >= 0.3 is 0 Å². The van der Waals surface area contributed by atoms with Crippen molar-refractivity contribution in [2.75, 3.05) is 33.0 Å². The lowest BCUT2D eigenvalue weighted by Gasteiger charge is -2.50. The topological polar surface area (TPSA) is 445 Å². The van der Waals surface area contributed by atoms with Crippen LogP contribution in [0.5, 0.6) is 0 Å². The summed E-state index contributed by atoms with van der Waals surface area (Å²) >= 11 is 0. The molecule has 0 aromatic rings. The first-order chi connectivity index (χ1) is 29.3. The number of hydrogen-bond acceptors (Lipinski definition) is 26. The van der Waals surface area contributed by atoms with Crippen molar-refractivity contribution >= 4 is 11.8 Å². The van der Waals surface area contributed by atoms with Crippen molar-refractivity contribution < 1.29 is 129 Å². The maximum Gasteiger partial charge on any atom is 0.217 e. The summed E-state index contributed by atoms with van der Waals surface area (Å²) in [6.07, 6.45) is -43.0. The number of ether oxygens (including phenoxy) is 9. The smallest absolute Gasteiger partial charge is 0.217 e. The minimum Gasteiger partial charge on any atom is -0.394 e. The van der Waals surface area contributed by atoms with Gasteiger partial charge in [0.05, 0.1) is 33.0 Å². The highest BCUT2D eigenvalue weighted by Gasteiger charge is 2.56. The van der Waals surface area contributed by atoms with E-state index < -0.39 is 198 Å². The third-order valence-electron chi connectivity index (χ3n) is 11.1. The van der Waals surface area contributed by atoms with Crippen molar-refractivity contribution in [3.8, 4) is 0 Å². The average molecular weight is 911 g/mol. The van der Waals surface area contributed by atoms with Crippen LogP contribution in [0.2, 0.25) is 0 Å². The van der Waals surface area contributed by atoms with Gasteiger partial charge < -0.3 is 130 Å². The first-order valence-corrected chi connectivity index (χ1v) is 19.6. The second-order valence-corrected chi connectivity index (χ2v) is 15.5. The zero-order valence-corrected chi connectivity index (χ0v) is 33.2. The van der Waals surface area contributed by atoms with Crippen LogP contribution in [-0.2, 0) is 52.2 Å². The molecule has 360 valence electrons. The van der Waals surface area contributed by atoms with E-state index in [9.17, 15) is 86.2 Å². The summed E-state index contributed by atoms with van der Waals surface area (Å²) < 4.78 is 51.1. The van der Waals surface area contributed by atoms with E-state index in [1.165, 1.54) is 0 Å². The fourth-order valence-electron chi connectivity index (χ4n) is 7.71. The Bertz CT molecular complexity index is 1440. The van der Waals surface area contributed by atoms with Crippen LogP contribution in [0.4, 0.5) is 0 Å². The standard InChI is InChI=1S/C34H58N2O26/c1-8(41)35-15-22(48)27(13(6-40)55-30(15)53)60-33-26(52)28(20(46)14(59-33)7-54-32-25(51)23(49)18(44)11(4-38)57-32)61-34-29(24(50)19(45)12(5-39)58-34)62-31-16(36-9(2)42)21(47)17(43)10(3-37)56-31/h10-34,37-40,43-53H,3-7H2,1-2H3,(H,35,41)(H,36,42)/t10-,11-,12-,13-,14-,15-,16-,17-,18-,19-,20-,21-,22-,23+,24+,25+,26+,27-,28+,29+,30+,31+,32+,33+,34-/m1/s1. The quantitative estimate of drug-likeness (QED) is 0.0725. The van der Waals surface area contributed by atoms with Gasteiger partial charge in [0.25, 0.3) is 0 Å². The lowest BCUT2D eigenvalue weighted by Crippen LogP contribution is -2.69. The molecule has 5 heterocycles. The summed E-state index contributed by atoms with van der Waals surface area (Å²) in [4.78, 5) is 24.0. The SMILES string of the molecule is CC(=O)N[C@@H]1[C@@H](O)[C@H](O[C@@H]2O[C@H](CO[C@H]3O[C@H](CO)[C@@H](O)[C@H](O)[C@@H]3O)[C@@H](O)[C@H](O[C@H]3O[C@H](CO)[C@@H](O)[C@H](O)[C@@H]3O[C@@H]3O[C@H](CO)[C@@H](O)[C@H](O)[C@H]3NC(C)=O)[C@@H]2O)[C@@H](CO)O[C@@H]1O. The largest absolute Gasteiger partial charge is 0.394 e. The second kappa shape index (κ2) is 22.0. The summed E-state index contributed by atoms with van der Waals surface area (Å²) in [6, 6.07) is -3.19. The van der Waals surface area contributed by atoms with E-state index in [1.54, 1.807) is 0 Å². The maximum absolute atomic E-state index is 12.1. The first-order valence-electron chi connectivity index (χ1n) is 19.6. The fraction of sp³-hybridized carbons (Fsp3) is 0.941. The van der Waals surface area contributed by atoms with Gasteiger partial charge in [-0.15, -0.1) is 0 Å². The third kappa shape index (κ3) is 11.0. The number of hydrogen-bond donors (Lipinski definition) is 17. The number of rotatable bonds is 15. The molecule has 0 aliphatic carbocycles. The fourth-order valence-corrected chi connectivity index (χ4v) is 7.71. The number of carbonyl (C=O) groups is 2. The molecule has 0 radical (unpaired) electrons. The zero-order chi connectivity index (χ0) is 45.9. The second-order valence-electron chi connectivity index (χ2n) is 15.5. The molecule has 5 rings (SSSR count). The molecule has 0 spiro atoms. The van der Waals surface area contributed by atoms with Crippen molar-refractivity contribution in [3.63, 3.8) is 0 Å². The van der Waals surface area contributed by atoms with E-state index in [1.807, 2.05) is 0 Å². The molecule has 0 aromatic carbocycles. The minimum absolute atomic E-state index is 0.730. The van der Waals surface area contributed by atoms with E-state index >= 15 is 0 Å². The van der Waals surface area contributed by atoms with Crippen molar-refractivity contribution in [3.05, 3.63) is 0 Å². The van der Waals surface area contributed by atoms with Crippen molar-refractivity contribution in [2.24, 2.45) is 0 Å². The lowest BCUT2D eigenvalue weighted by atomic mass is 9.94. The lowest BCUT2D eigenvalue weighted by molar-refractivity contribution is -0.392. The van der Waals surface area contributed by atoms with Crippen molar-refractivity contribution in [2.45, 2.75) is 167 Å². The molecule has 0 saturated carbocycles. The van der Waals surface area contributed by atoms with Gasteiger partial charge in [0, 0.05) is 13.8 Å². The predicted molar refractivity (Wildman–Crippen MR) is 190 cm³/mol. The third-order valence-corrected chi connectivity index (χ3v) is 11.1. The summed E-state index contributed by atoms with van der Waals surface area (Å²) in [5.74, 6) is -1.49. The molecule has 25 atom stereocenters. The Hall–Kier alpha value is -2.02. The molecule has 0 unspecified atom stereocenters. The number of aliphatic hydroxyl groups excluding tert-OH is 15. The van der Waals surface area contributed by atoms with Crippen LogP contribution < -0.4 is 10.6 Å². The van der Waals surface area contributed by atoms with Gasteiger partial charge in [0.15, 0.2) is 31.5 Å². The monoisotopic (exact) mass is 910 g/mol. The van der Waals surface area contributed by atoms with E-state index in [-0.39, 0.29) is 0 Å². The molecule has 0 aromatic heterocycles. The molecule has 2 amide bonds. The minimum atomic E-state index is -2.22. The van der Waals surface area contributed by atoms with Crippen LogP contribution >= 0.6 is 0 Å². The van der Waals surface area contributed by atoms with E-state index in [0.717, 1.165) is 13.8 Å². The molecular weight excluding hydrogens is 852 g/mol. The molecule has 5 fully saturated rings. The van der Waals surface area contributed by atoms with Gasteiger partial charge in [-0.05, 0) is 0 Å². The Labute approximate surface area is 351 Å². The summed E-state index contributed by atoms with van der Waals surface area (Å²) in [7, 11) is 0. The van der Waals surface area contributed by atoms with Gasteiger partial charge in [-0.2, -0.15) is 0 Å². The average Bonchev–Trinajstić information content (AvgIpc) is 3.23. The van der Waals surface area contributed by atoms with Crippen molar-refractivity contribution in [1.82, 2.24) is 10.6 Å². The predicted octanol–water partition coefficient (Wildman–Crippen LogP) is -11.6. The summed E-state index contributed by atoms with van der Waals surface area (Å²) in [5.41, 5.74) is 0. The van der Waals surface area contributed by atoms with E-state index in [0.29, 0.717) is 0 Å². The van der Waals surface area contributed by atoms with Crippen LogP contribution in [0, 0.1) is 0 Å². The molecule has 0 bridgehead atoms. The molecule has 62 heavy (non-hydrogen) atoms. The molecular formula is C34H58N2O26. The molecule has 5 aliphatic heterocycles. The first kappa shape index (κ1) is 51.0.